The van der Waals surface area contributed by atoms with Crippen molar-refractivity contribution in [3.05, 3.63) is 389 Å². The van der Waals surface area contributed by atoms with Crippen LogP contribution in [0.15, 0.2) is 310 Å². The van der Waals surface area contributed by atoms with Gasteiger partial charge >= 0.3 is 0 Å². The Kier molecular flexibility index (Phi) is 13.3. The van der Waals surface area contributed by atoms with E-state index in [0.29, 0.717) is 23.0 Å². The summed E-state index contributed by atoms with van der Waals surface area (Å²) in [7, 11) is 0. The zero-order chi connectivity index (χ0) is 62.3. The van der Waals surface area contributed by atoms with Gasteiger partial charge in [-0.1, -0.05) is 227 Å². The highest BCUT2D eigenvalue weighted by Gasteiger charge is 2.49. The summed E-state index contributed by atoms with van der Waals surface area (Å²) in [4.78, 5) is 2.42. The van der Waals surface area contributed by atoms with Gasteiger partial charge in [-0.15, -0.1) is 0 Å². The first-order valence-corrected chi connectivity index (χ1v) is 31.2. The number of anilines is 3. The van der Waals surface area contributed by atoms with Crippen LogP contribution in [0.5, 0.6) is 23.0 Å². The Labute approximate surface area is 535 Å². The molecule has 0 spiro atoms. The maximum atomic E-state index is 15.4. The molecule has 0 amide bonds. The Morgan fingerprint density at radius 1 is 0.315 bits per heavy atom. The van der Waals surface area contributed by atoms with Crippen molar-refractivity contribution < 1.29 is 18.3 Å². The molecule has 92 heavy (non-hydrogen) atoms. The second-order valence-corrected chi connectivity index (χ2v) is 24.6. The first-order chi connectivity index (χ1) is 45.0. The monoisotopic (exact) mass is 1190 g/mol. The van der Waals surface area contributed by atoms with Gasteiger partial charge in [0.05, 0.1) is 16.5 Å². The quantitative estimate of drug-likeness (QED) is 0.108. The van der Waals surface area contributed by atoms with Gasteiger partial charge in [0, 0.05) is 22.4 Å². The van der Waals surface area contributed by atoms with Crippen molar-refractivity contribution in [3.63, 3.8) is 0 Å². The number of ether oxygens (including phenoxy) is 2. The maximum absolute atomic E-state index is 15.4. The van der Waals surface area contributed by atoms with Gasteiger partial charge < -0.3 is 14.4 Å². The van der Waals surface area contributed by atoms with Gasteiger partial charge in [-0.25, -0.2) is 8.78 Å². The third kappa shape index (κ3) is 8.82. The first kappa shape index (κ1) is 55.9. The fourth-order valence-corrected chi connectivity index (χ4v) is 15.2. The van der Waals surface area contributed by atoms with Gasteiger partial charge in [0.15, 0.2) is 0 Å². The molecular weight excluding hydrogens is 1130 g/mol. The van der Waals surface area contributed by atoms with Gasteiger partial charge in [-0.2, -0.15) is 0 Å². The number of benzene rings is 13. The number of nitrogens with zero attached hydrogens (tertiary/aromatic N) is 1. The Morgan fingerprint density at radius 3 is 1.10 bits per heavy atom. The van der Waals surface area contributed by atoms with Crippen LogP contribution >= 0.6 is 0 Å². The molecule has 5 heteroatoms. The molecule has 2 unspecified atom stereocenters. The molecule has 13 aromatic rings. The van der Waals surface area contributed by atoms with E-state index in [1.54, 1.807) is 24.3 Å². The van der Waals surface area contributed by atoms with Crippen molar-refractivity contribution >= 4 is 29.2 Å². The normalized spacial score (nSPS) is 15.9. The van der Waals surface area contributed by atoms with Gasteiger partial charge in [-0.3, -0.25) is 0 Å². The maximum Gasteiger partial charge on any atom is 0.127 e. The molecule has 13 aromatic carbocycles. The smallest absolute Gasteiger partial charge is 0.127 e. The molecule has 0 aromatic heterocycles. The topological polar surface area (TPSA) is 21.7 Å². The third-order valence-electron chi connectivity index (χ3n) is 19.4. The van der Waals surface area contributed by atoms with Gasteiger partial charge in [0.25, 0.3) is 0 Å². The van der Waals surface area contributed by atoms with Crippen LogP contribution in [0.2, 0.25) is 0 Å². The average Bonchev–Trinajstić information content (AvgIpc) is 1.52. The predicted octanol–water partition coefficient (Wildman–Crippen LogP) is 23.0. The summed E-state index contributed by atoms with van der Waals surface area (Å²) in [6.45, 7) is 12.5. The second kappa shape index (κ2) is 22.0. The van der Waals surface area contributed by atoms with E-state index >= 15 is 8.78 Å². The SMILES string of the molecule is C=Cc1ccc(Oc2ccc(C3(c4ccc(F)cc4)c4ccccc4-c4ccc(N(c5ccc6c(c5)C(c5ccc(F)cc5)(c5ccc(Oc7ccc(C=C)cc7)cc5)c5ccccc5-6)c5ccccc5-c5ccc6c(c5)-c5ccccc5C6(C)C)cc43)cc2)cc1. The standard InChI is InChI=1S/C87H61F2NO2/c1-5-56-23-42-67(43-24-56)91-69-46-32-61(33-47-69)86(59-28-36-63(88)37-29-59)80-20-12-8-16-72(80)75-50-40-65(54-82(75)86)90(84-22-14-10-15-71(84)58-27-52-79-77(53-58)74-18-7-11-19-78(74)85(79,3)4)66-41-51-76-73-17-9-13-21-81(73)87(83(76)55-66,60-30-38-64(89)39-31-60)62-34-48-70(49-35-62)92-68-44-25-57(6-2)26-45-68/h5-55H,1-2H2,3-4H3. The fourth-order valence-electron chi connectivity index (χ4n) is 15.2. The minimum Gasteiger partial charge on any atom is -0.457 e. The van der Waals surface area contributed by atoms with Crippen LogP contribution in [-0.2, 0) is 16.2 Å². The molecule has 440 valence electrons. The van der Waals surface area contributed by atoms with Crippen molar-refractivity contribution in [2.24, 2.45) is 0 Å². The number of halogens is 2. The first-order valence-electron chi connectivity index (χ1n) is 31.2. The van der Waals surface area contributed by atoms with E-state index < -0.39 is 10.8 Å². The van der Waals surface area contributed by atoms with Crippen molar-refractivity contribution in [2.45, 2.75) is 30.1 Å². The number of para-hydroxylation sites is 1. The van der Waals surface area contributed by atoms with E-state index in [9.17, 15) is 0 Å². The summed E-state index contributed by atoms with van der Waals surface area (Å²) in [6, 6.07) is 102. The lowest BCUT2D eigenvalue weighted by Crippen LogP contribution is -2.29. The summed E-state index contributed by atoms with van der Waals surface area (Å²) >= 11 is 0. The average molecular weight is 1190 g/mol. The van der Waals surface area contributed by atoms with Gasteiger partial charge in [-0.05, 0) is 215 Å². The molecule has 3 nitrogen and oxygen atoms in total. The van der Waals surface area contributed by atoms with Crippen molar-refractivity contribution in [2.75, 3.05) is 4.90 Å². The van der Waals surface area contributed by atoms with Crippen molar-refractivity contribution in [3.8, 4) is 67.5 Å². The van der Waals surface area contributed by atoms with E-state index in [2.05, 4.69) is 208 Å². The zero-order valence-corrected chi connectivity index (χ0v) is 50.9. The van der Waals surface area contributed by atoms with Crippen molar-refractivity contribution in [1.29, 1.82) is 0 Å². The lowest BCUT2D eigenvalue weighted by molar-refractivity contribution is 0.482. The van der Waals surface area contributed by atoms with Crippen LogP contribution in [0.4, 0.5) is 25.8 Å². The molecule has 0 heterocycles. The zero-order valence-electron chi connectivity index (χ0n) is 50.9. The van der Waals surface area contributed by atoms with Crippen LogP contribution < -0.4 is 14.4 Å². The van der Waals surface area contributed by atoms with Crippen LogP contribution in [0, 0.1) is 11.6 Å². The molecule has 16 rings (SSSR count). The highest BCUT2D eigenvalue weighted by atomic mass is 19.1. The number of rotatable bonds is 14. The Morgan fingerprint density at radius 2 is 0.663 bits per heavy atom. The second-order valence-electron chi connectivity index (χ2n) is 24.6. The summed E-state index contributed by atoms with van der Waals surface area (Å²) in [5.74, 6) is 2.17. The largest absolute Gasteiger partial charge is 0.457 e. The minimum atomic E-state index is -0.923. The summed E-state index contributed by atoms with van der Waals surface area (Å²) in [5.41, 5.74) is 22.4. The summed E-state index contributed by atoms with van der Waals surface area (Å²) in [5, 5.41) is 0. The van der Waals surface area contributed by atoms with E-state index in [4.69, 9.17) is 9.47 Å². The molecule has 0 saturated heterocycles. The Balaban J connectivity index is 0.930. The number of hydrogen-bond donors (Lipinski definition) is 0. The Hall–Kier alpha value is -11.4. The highest BCUT2D eigenvalue weighted by Crippen LogP contribution is 2.61. The van der Waals surface area contributed by atoms with E-state index in [1.807, 2.05) is 109 Å². The number of fused-ring (bicyclic) bond motifs is 9. The van der Waals surface area contributed by atoms with Gasteiger partial charge in [0.2, 0.25) is 0 Å². The molecule has 0 radical (unpaired) electrons. The third-order valence-corrected chi connectivity index (χ3v) is 19.4. The van der Waals surface area contributed by atoms with Gasteiger partial charge in [0.1, 0.15) is 34.6 Å². The molecular formula is C87H61F2NO2. The van der Waals surface area contributed by atoms with E-state index in [-0.39, 0.29) is 17.0 Å². The molecule has 0 aliphatic heterocycles. The number of hydrogen-bond acceptors (Lipinski definition) is 3. The lowest BCUT2D eigenvalue weighted by Gasteiger charge is -2.36. The predicted molar refractivity (Wildman–Crippen MR) is 372 cm³/mol. The van der Waals surface area contributed by atoms with Crippen LogP contribution in [-0.4, -0.2) is 0 Å². The molecule has 2 atom stereocenters. The lowest BCUT2D eigenvalue weighted by atomic mass is 9.67. The minimum absolute atomic E-state index is 0.176. The molecule has 0 fully saturated rings. The molecule has 0 saturated carbocycles. The van der Waals surface area contributed by atoms with E-state index in [1.165, 1.54) is 22.3 Å². The molecule has 3 aliphatic rings. The van der Waals surface area contributed by atoms with E-state index in [0.717, 1.165) is 106 Å². The molecule has 3 aliphatic carbocycles. The Bertz CT molecular complexity index is 4800. The van der Waals surface area contributed by atoms with Crippen LogP contribution in [0.3, 0.4) is 0 Å². The van der Waals surface area contributed by atoms with Crippen LogP contribution in [0.1, 0.15) is 80.6 Å². The summed E-state index contributed by atoms with van der Waals surface area (Å²) < 4.78 is 43.9. The highest BCUT2D eigenvalue weighted by molar-refractivity contribution is 5.96. The fraction of sp³-hybridized carbons (Fsp3) is 0.0575. The summed E-state index contributed by atoms with van der Waals surface area (Å²) in [6.07, 6.45) is 3.63. The molecule has 0 N–H and O–H groups in total. The van der Waals surface area contributed by atoms with Crippen molar-refractivity contribution in [1.82, 2.24) is 0 Å². The van der Waals surface area contributed by atoms with Crippen LogP contribution in [0.25, 0.3) is 56.7 Å². The molecule has 0 bridgehead atoms.